The van der Waals surface area contributed by atoms with Gasteiger partial charge in [0.15, 0.2) is 0 Å². The zero-order valence-corrected chi connectivity index (χ0v) is 11.6. The zero-order chi connectivity index (χ0) is 12.6. The van der Waals surface area contributed by atoms with E-state index in [1.54, 1.807) is 13.2 Å². The third-order valence-electron chi connectivity index (χ3n) is 3.37. The summed E-state index contributed by atoms with van der Waals surface area (Å²) >= 11 is 3.36. The SMILES string of the molecule is CC1CN(c2cnn(C)c(=O)c2Br)CCC1N. The second-order valence-corrected chi connectivity index (χ2v) is 5.44. The van der Waals surface area contributed by atoms with Gasteiger partial charge in [-0.2, -0.15) is 5.10 Å². The molecule has 2 unspecified atom stereocenters. The van der Waals surface area contributed by atoms with Crippen molar-refractivity contribution in [1.82, 2.24) is 9.78 Å². The smallest absolute Gasteiger partial charge is 0.282 e. The molecule has 0 amide bonds. The van der Waals surface area contributed by atoms with E-state index in [-0.39, 0.29) is 11.6 Å². The van der Waals surface area contributed by atoms with Crippen molar-refractivity contribution in [3.05, 3.63) is 21.0 Å². The lowest BCUT2D eigenvalue weighted by atomic mass is 9.94. The molecular formula is C11H17BrN4O. The van der Waals surface area contributed by atoms with Crippen LogP contribution in [0, 0.1) is 5.92 Å². The van der Waals surface area contributed by atoms with Crippen LogP contribution in [-0.2, 0) is 7.05 Å². The molecule has 2 heterocycles. The predicted molar refractivity (Wildman–Crippen MR) is 71.1 cm³/mol. The van der Waals surface area contributed by atoms with Gasteiger partial charge < -0.3 is 10.6 Å². The number of nitrogens with zero attached hydrogens (tertiary/aromatic N) is 3. The molecule has 1 aromatic rings. The van der Waals surface area contributed by atoms with Crippen LogP contribution in [-0.4, -0.2) is 28.9 Å². The molecule has 0 bridgehead atoms. The van der Waals surface area contributed by atoms with Crippen molar-refractivity contribution < 1.29 is 0 Å². The Kier molecular flexibility index (Phi) is 3.53. The Bertz CT molecular complexity index is 473. The van der Waals surface area contributed by atoms with Crippen LogP contribution >= 0.6 is 15.9 Å². The Balaban J connectivity index is 2.30. The molecule has 1 saturated heterocycles. The van der Waals surface area contributed by atoms with Crippen molar-refractivity contribution in [3.63, 3.8) is 0 Å². The normalized spacial score (nSPS) is 25.1. The number of hydrogen-bond acceptors (Lipinski definition) is 4. The van der Waals surface area contributed by atoms with E-state index in [4.69, 9.17) is 5.73 Å². The number of halogens is 1. The van der Waals surface area contributed by atoms with Crippen LogP contribution in [0.1, 0.15) is 13.3 Å². The van der Waals surface area contributed by atoms with Crippen LogP contribution in [0.5, 0.6) is 0 Å². The van der Waals surface area contributed by atoms with Gasteiger partial charge in [0.2, 0.25) is 0 Å². The molecule has 2 atom stereocenters. The molecule has 1 fully saturated rings. The summed E-state index contributed by atoms with van der Waals surface area (Å²) in [6, 6.07) is 0.254. The molecular weight excluding hydrogens is 284 g/mol. The number of piperidine rings is 1. The van der Waals surface area contributed by atoms with Gasteiger partial charge in [0.25, 0.3) is 5.56 Å². The second-order valence-electron chi connectivity index (χ2n) is 4.65. The van der Waals surface area contributed by atoms with E-state index in [0.29, 0.717) is 10.4 Å². The molecule has 0 aliphatic carbocycles. The maximum atomic E-state index is 11.8. The first kappa shape index (κ1) is 12.6. The van der Waals surface area contributed by atoms with Crippen molar-refractivity contribution in [1.29, 1.82) is 0 Å². The summed E-state index contributed by atoms with van der Waals surface area (Å²) < 4.78 is 1.91. The van der Waals surface area contributed by atoms with E-state index < -0.39 is 0 Å². The number of hydrogen-bond donors (Lipinski definition) is 1. The fourth-order valence-electron chi connectivity index (χ4n) is 2.11. The second kappa shape index (κ2) is 4.78. The minimum Gasteiger partial charge on any atom is -0.369 e. The van der Waals surface area contributed by atoms with Crippen molar-refractivity contribution in [2.75, 3.05) is 18.0 Å². The van der Waals surface area contributed by atoms with Crippen LogP contribution in [0.15, 0.2) is 15.5 Å². The first-order valence-electron chi connectivity index (χ1n) is 5.73. The van der Waals surface area contributed by atoms with Crippen molar-refractivity contribution in [3.8, 4) is 0 Å². The molecule has 0 saturated carbocycles. The topological polar surface area (TPSA) is 64.2 Å². The summed E-state index contributed by atoms with van der Waals surface area (Å²) in [4.78, 5) is 14.0. The molecule has 1 aliphatic rings. The molecule has 2 N–H and O–H groups in total. The van der Waals surface area contributed by atoms with Gasteiger partial charge in [-0.05, 0) is 28.3 Å². The number of rotatable bonds is 1. The maximum Gasteiger partial charge on any atom is 0.282 e. The highest BCUT2D eigenvalue weighted by atomic mass is 79.9. The van der Waals surface area contributed by atoms with Gasteiger partial charge in [-0.3, -0.25) is 4.79 Å². The molecule has 94 valence electrons. The van der Waals surface area contributed by atoms with E-state index >= 15 is 0 Å². The highest BCUT2D eigenvalue weighted by Gasteiger charge is 2.25. The lowest BCUT2D eigenvalue weighted by molar-refractivity contribution is 0.382. The average Bonchev–Trinajstić information content (AvgIpc) is 2.30. The number of anilines is 1. The maximum absolute atomic E-state index is 11.8. The molecule has 0 radical (unpaired) electrons. The molecule has 2 rings (SSSR count). The third kappa shape index (κ3) is 2.37. The fraction of sp³-hybridized carbons (Fsp3) is 0.636. The van der Waals surface area contributed by atoms with Crippen molar-refractivity contribution >= 4 is 21.6 Å². The van der Waals surface area contributed by atoms with E-state index in [2.05, 4.69) is 32.9 Å². The first-order valence-corrected chi connectivity index (χ1v) is 6.52. The van der Waals surface area contributed by atoms with E-state index in [0.717, 1.165) is 25.2 Å². The monoisotopic (exact) mass is 300 g/mol. The molecule has 1 aliphatic heterocycles. The first-order chi connectivity index (χ1) is 8.00. The highest BCUT2D eigenvalue weighted by molar-refractivity contribution is 9.10. The molecule has 0 spiro atoms. The van der Waals surface area contributed by atoms with E-state index in [1.807, 2.05) is 0 Å². The van der Waals surface area contributed by atoms with Crippen molar-refractivity contribution in [2.24, 2.45) is 18.7 Å². The summed E-state index contributed by atoms with van der Waals surface area (Å²) in [7, 11) is 1.64. The van der Waals surface area contributed by atoms with Gasteiger partial charge in [0.1, 0.15) is 4.47 Å². The minimum absolute atomic E-state index is 0.106. The fourth-order valence-corrected chi connectivity index (χ4v) is 2.71. The van der Waals surface area contributed by atoms with Crippen LogP contribution in [0.4, 0.5) is 5.69 Å². The van der Waals surface area contributed by atoms with Crippen LogP contribution in [0.2, 0.25) is 0 Å². The number of nitrogens with two attached hydrogens (primary N) is 1. The molecule has 0 aromatic carbocycles. The number of aryl methyl sites for hydroxylation is 1. The number of aromatic nitrogens is 2. The molecule has 6 heteroatoms. The summed E-state index contributed by atoms with van der Waals surface area (Å²) in [6.07, 6.45) is 2.68. The quantitative estimate of drug-likeness (QED) is 0.830. The molecule has 5 nitrogen and oxygen atoms in total. The van der Waals surface area contributed by atoms with E-state index in [1.165, 1.54) is 4.68 Å². The third-order valence-corrected chi connectivity index (χ3v) is 4.12. The predicted octanol–water partition coefficient (Wildman–Crippen LogP) is 0.716. The van der Waals surface area contributed by atoms with Gasteiger partial charge in [-0.25, -0.2) is 4.68 Å². The van der Waals surface area contributed by atoms with Gasteiger partial charge in [0.05, 0.1) is 11.9 Å². The Morgan fingerprint density at radius 2 is 2.29 bits per heavy atom. The zero-order valence-electron chi connectivity index (χ0n) is 10.1. The summed E-state index contributed by atoms with van der Waals surface area (Å²) in [5, 5.41) is 4.06. The lowest BCUT2D eigenvalue weighted by Gasteiger charge is -2.36. The Labute approximate surface area is 109 Å². The van der Waals surface area contributed by atoms with Gasteiger partial charge in [0, 0.05) is 26.2 Å². The lowest BCUT2D eigenvalue weighted by Crippen LogP contribution is -2.46. The molecule has 1 aromatic heterocycles. The van der Waals surface area contributed by atoms with E-state index in [9.17, 15) is 4.79 Å². The largest absolute Gasteiger partial charge is 0.369 e. The highest BCUT2D eigenvalue weighted by Crippen LogP contribution is 2.26. The minimum atomic E-state index is -0.106. The average molecular weight is 301 g/mol. The van der Waals surface area contributed by atoms with Crippen LogP contribution < -0.4 is 16.2 Å². The van der Waals surface area contributed by atoms with Crippen LogP contribution in [0.25, 0.3) is 0 Å². The Hall–Kier alpha value is -0.880. The summed E-state index contributed by atoms with van der Waals surface area (Å²) in [5.41, 5.74) is 6.75. The summed E-state index contributed by atoms with van der Waals surface area (Å²) in [5.74, 6) is 0.430. The summed E-state index contributed by atoms with van der Waals surface area (Å²) in [6.45, 7) is 3.88. The van der Waals surface area contributed by atoms with Gasteiger partial charge >= 0.3 is 0 Å². The van der Waals surface area contributed by atoms with Crippen molar-refractivity contribution in [2.45, 2.75) is 19.4 Å². The van der Waals surface area contributed by atoms with Gasteiger partial charge in [-0.15, -0.1) is 0 Å². The Morgan fingerprint density at radius 1 is 1.59 bits per heavy atom. The van der Waals surface area contributed by atoms with Crippen LogP contribution in [0.3, 0.4) is 0 Å². The Morgan fingerprint density at radius 3 is 2.94 bits per heavy atom. The van der Waals surface area contributed by atoms with Gasteiger partial charge in [-0.1, -0.05) is 6.92 Å². The standard InChI is InChI=1S/C11H17BrN4O/c1-7-6-16(4-3-8(7)13)9-5-14-15(2)11(17)10(9)12/h5,7-8H,3-4,6,13H2,1-2H3. The molecule has 17 heavy (non-hydrogen) atoms.